The number of carboxylic acid groups (broad SMARTS) is 1. The van der Waals surface area contributed by atoms with Crippen LogP contribution in [0.1, 0.15) is 6.42 Å². The first-order chi connectivity index (χ1) is 8.23. The highest BCUT2D eigenvalue weighted by molar-refractivity contribution is 7.87. The molecule has 0 radical (unpaired) electrons. The van der Waals surface area contributed by atoms with E-state index in [1.165, 1.54) is 12.2 Å². The van der Waals surface area contributed by atoms with Gasteiger partial charge in [0.25, 0.3) is 10.1 Å². The molecule has 0 aliphatic carbocycles. The summed E-state index contributed by atoms with van der Waals surface area (Å²) in [6.45, 7) is 6.83. The summed E-state index contributed by atoms with van der Waals surface area (Å²) >= 11 is 0. The number of carbonyl (C=O) groups excluding carboxylic acids is 1. The van der Waals surface area contributed by atoms with Gasteiger partial charge in [-0.05, 0) is 0 Å². The maximum Gasteiger partial charge on any atom is 0.305 e. The van der Waals surface area contributed by atoms with Gasteiger partial charge in [-0.15, -0.1) is 13.2 Å². The Kier molecular flexibility index (Phi) is 6.28. The van der Waals surface area contributed by atoms with Crippen molar-refractivity contribution >= 4 is 22.0 Å². The number of nitrogens with zero attached hydrogens (tertiary/aromatic N) is 1. The van der Waals surface area contributed by atoms with Gasteiger partial charge in [-0.25, -0.2) is 0 Å². The first-order valence-corrected chi connectivity index (χ1v) is 6.43. The molecular weight excluding hydrogens is 262 g/mol. The van der Waals surface area contributed by atoms with E-state index in [1.807, 2.05) is 0 Å². The van der Waals surface area contributed by atoms with Crippen molar-refractivity contribution in [1.82, 2.24) is 4.90 Å². The maximum atomic E-state index is 11.8. The lowest BCUT2D eigenvalue weighted by molar-refractivity contribution is -0.140. The van der Waals surface area contributed by atoms with Gasteiger partial charge in [-0.1, -0.05) is 12.2 Å². The summed E-state index contributed by atoms with van der Waals surface area (Å²) in [5, 5.41) is 6.53. The van der Waals surface area contributed by atoms with Crippen molar-refractivity contribution in [2.45, 2.75) is 11.7 Å². The number of amides is 1. The molecule has 2 N–H and O–H groups in total. The third-order valence-corrected chi connectivity index (χ3v) is 3.09. The Hall–Kier alpha value is -1.67. The first-order valence-electron chi connectivity index (χ1n) is 4.92. The number of hydrogen-bond donors (Lipinski definition) is 2. The molecule has 0 aliphatic rings. The third-order valence-electron chi connectivity index (χ3n) is 2.01. The van der Waals surface area contributed by atoms with Crippen LogP contribution in [0.3, 0.4) is 0 Å². The number of aliphatic carboxylic acids is 1. The van der Waals surface area contributed by atoms with Crippen LogP contribution < -0.4 is 0 Å². The van der Waals surface area contributed by atoms with E-state index < -0.39 is 33.7 Å². The van der Waals surface area contributed by atoms with E-state index in [9.17, 15) is 18.0 Å². The molecule has 0 aromatic carbocycles. The van der Waals surface area contributed by atoms with E-state index in [-0.39, 0.29) is 13.1 Å². The largest absolute Gasteiger partial charge is 0.481 e. The fraction of sp³-hybridized carbons (Fsp3) is 0.400. The highest BCUT2D eigenvalue weighted by Crippen LogP contribution is 2.09. The van der Waals surface area contributed by atoms with Gasteiger partial charge in [-0.2, -0.15) is 8.42 Å². The molecule has 7 nitrogen and oxygen atoms in total. The van der Waals surface area contributed by atoms with Gasteiger partial charge in [-0.3, -0.25) is 14.1 Å². The molecule has 0 aliphatic heterocycles. The van der Waals surface area contributed by atoms with Gasteiger partial charge in [0.1, 0.15) is 0 Å². The highest BCUT2D eigenvalue weighted by atomic mass is 32.2. The number of carboxylic acids is 1. The topological polar surface area (TPSA) is 112 Å². The minimum Gasteiger partial charge on any atom is -0.481 e. The monoisotopic (exact) mass is 277 g/mol. The van der Waals surface area contributed by atoms with Crippen LogP contribution in [0.2, 0.25) is 0 Å². The molecule has 0 aromatic heterocycles. The zero-order valence-corrected chi connectivity index (χ0v) is 10.5. The molecule has 1 unspecified atom stereocenters. The fourth-order valence-corrected chi connectivity index (χ4v) is 2.01. The van der Waals surface area contributed by atoms with E-state index >= 15 is 0 Å². The van der Waals surface area contributed by atoms with E-state index in [4.69, 9.17) is 9.66 Å². The third kappa shape index (κ3) is 5.11. The Balaban J connectivity index is 5.20. The maximum absolute atomic E-state index is 11.8. The van der Waals surface area contributed by atoms with E-state index in [0.717, 1.165) is 4.90 Å². The standard InChI is InChI=1S/C10H15NO6S/c1-3-5-11(6-4-2)10(14)8(7-9(12)13)18(15,16)17/h3-4,8H,1-2,5-7H2,(H,12,13)(H,15,16,17). The molecule has 0 aromatic rings. The summed E-state index contributed by atoms with van der Waals surface area (Å²) < 4.78 is 30.9. The second kappa shape index (κ2) is 6.92. The van der Waals surface area contributed by atoms with Crippen LogP contribution in [0.15, 0.2) is 25.3 Å². The number of hydrogen-bond acceptors (Lipinski definition) is 4. The Morgan fingerprint density at radius 3 is 1.94 bits per heavy atom. The molecule has 8 heteroatoms. The molecule has 0 spiro atoms. The Morgan fingerprint density at radius 2 is 1.67 bits per heavy atom. The lowest BCUT2D eigenvalue weighted by atomic mass is 10.2. The zero-order valence-electron chi connectivity index (χ0n) is 9.65. The van der Waals surface area contributed by atoms with Crippen molar-refractivity contribution in [2.24, 2.45) is 0 Å². The van der Waals surface area contributed by atoms with Gasteiger partial charge in [0, 0.05) is 13.1 Å². The summed E-state index contributed by atoms with van der Waals surface area (Å²) in [6, 6.07) is 0. The minimum absolute atomic E-state index is 0.0243. The molecule has 18 heavy (non-hydrogen) atoms. The first kappa shape index (κ1) is 16.3. The molecule has 1 atom stereocenters. The summed E-state index contributed by atoms with van der Waals surface area (Å²) in [5.41, 5.74) is 0. The van der Waals surface area contributed by atoms with Crippen molar-refractivity contribution in [1.29, 1.82) is 0 Å². The second-order valence-electron chi connectivity index (χ2n) is 3.42. The van der Waals surface area contributed by atoms with Crippen LogP contribution in [0.4, 0.5) is 0 Å². The van der Waals surface area contributed by atoms with Gasteiger partial charge >= 0.3 is 5.97 Å². The number of rotatable bonds is 8. The predicted molar refractivity (Wildman–Crippen MR) is 64.6 cm³/mol. The summed E-state index contributed by atoms with van der Waals surface area (Å²) in [4.78, 5) is 23.4. The fourth-order valence-electron chi connectivity index (χ4n) is 1.25. The SMILES string of the molecule is C=CCN(CC=C)C(=O)C(CC(=O)O)S(=O)(=O)O. The molecule has 0 saturated carbocycles. The predicted octanol–water partition coefficient (Wildman–Crippen LogP) is -0.0819. The van der Waals surface area contributed by atoms with Crippen LogP contribution in [-0.2, 0) is 19.7 Å². The Labute approximate surface area is 105 Å². The van der Waals surface area contributed by atoms with Crippen molar-refractivity contribution in [2.75, 3.05) is 13.1 Å². The van der Waals surface area contributed by atoms with E-state index in [2.05, 4.69) is 13.2 Å². The van der Waals surface area contributed by atoms with Crippen LogP contribution in [-0.4, -0.2) is 53.2 Å². The summed E-state index contributed by atoms with van der Waals surface area (Å²) in [5.74, 6) is -2.50. The smallest absolute Gasteiger partial charge is 0.305 e. The Morgan fingerprint density at radius 1 is 1.22 bits per heavy atom. The van der Waals surface area contributed by atoms with Crippen molar-refractivity contribution in [3.05, 3.63) is 25.3 Å². The molecule has 0 rings (SSSR count). The summed E-state index contributed by atoms with van der Waals surface area (Å²) in [6.07, 6.45) is 1.70. The van der Waals surface area contributed by atoms with Crippen LogP contribution in [0.25, 0.3) is 0 Å². The van der Waals surface area contributed by atoms with Gasteiger partial charge in [0.2, 0.25) is 5.91 Å². The quantitative estimate of drug-likeness (QED) is 0.474. The highest BCUT2D eigenvalue weighted by Gasteiger charge is 2.35. The molecule has 0 fully saturated rings. The second-order valence-corrected chi connectivity index (χ2v) is 5.02. The van der Waals surface area contributed by atoms with E-state index in [1.54, 1.807) is 0 Å². The van der Waals surface area contributed by atoms with E-state index in [0.29, 0.717) is 0 Å². The number of carbonyl (C=O) groups is 2. The average Bonchev–Trinajstić information content (AvgIpc) is 2.23. The van der Waals surface area contributed by atoms with Crippen molar-refractivity contribution in [3.63, 3.8) is 0 Å². The molecule has 0 bridgehead atoms. The lowest BCUT2D eigenvalue weighted by Crippen LogP contribution is -2.44. The lowest BCUT2D eigenvalue weighted by Gasteiger charge is -2.22. The molecular formula is C10H15NO6S. The summed E-state index contributed by atoms with van der Waals surface area (Å²) in [7, 11) is -4.78. The molecule has 102 valence electrons. The average molecular weight is 277 g/mol. The normalized spacial score (nSPS) is 12.5. The minimum atomic E-state index is -4.78. The van der Waals surface area contributed by atoms with Gasteiger partial charge in [0.15, 0.2) is 5.25 Å². The Bertz CT molecular complexity index is 431. The van der Waals surface area contributed by atoms with Crippen LogP contribution >= 0.6 is 0 Å². The van der Waals surface area contributed by atoms with Crippen LogP contribution in [0.5, 0.6) is 0 Å². The van der Waals surface area contributed by atoms with Gasteiger partial charge < -0.3 is 10.0 Å². The van der Waals surface area contributed by atoms with Gasteiger partial charge in [0.05, 0.1) is 6.42 Å². The molecule has 1 amide bonds. The molecule has 0 saturated heterocycles. The van der Waals surface area contributed by atoms with Crippen LogP contribution in [0, 0.1) is 0 Å². The van der Waals surface area contributed by atoms with Crippen molar-refractivity contribution < 1.29 is 27.7 Å². The van der Waals surface area contributed by atoms with Crippen molar-refractivity contribution in [3.8, 4) is 0 Å². The zero-order chi connectivity index (χ0) is 14.3. The molecule has 0 heterocycles.